The molecule has 4 rings (SSSR count). The topological polar surface area (TPSA) is 84.0 Å². The van der Waals surface area contributed by atoms with Gasteiger partial charge in [0.25, 0.3) is 0 Å². The Balaban J connectivity index is 1.59. The molecule has 1 fully saturated rings. The van der Waals surface area contributed by atoms with Crippen LogP contribution in [0.15, 0.2) is 18.5 Å². The lowest BCUT2D eigenvalue weighted by atomic mass is 10.1. The number of aromatic nitrogens is 3. The van der Waals surface area contributed by atoms with Crippen molar-refractivity contribution in [1.82, 2.24) is 20.3 Å². The fourth-order valence-corrected chi connectivity index (χ4v) is 2.91. The predicted molar refractivity (Wildman–Crippen MR) is 93.1 cm³/mol. The molecule has 3 heterocycles. The molecule has 1 aliphatic heterocycles. The monoisotopic (exact) mass is 380 g/mol. The molecule has 10 heteroatoms. The molecule has 1 saturated carbocycles. The molecule has 0 amide bonds. The third kappa shape index (κ3) is 3.90. The summed E-state index contributed by atoms with van der Waals surface area (Å²) in [6.07, 6.45) is 0.360. The fourth-order valence-electron chi connectivity index (χ4n) is 2.91. The van der Waals surface area contributed by atoms with Crippen molar-refractivity contribution >= 4 is 17.5 Å². The minimum absolute atomic E-state index is 0.0335. The van der Waals surface area contributed by atoms with Crippen molar-refractivity contribution in [3.05, 3.63) is 29.7 Å². The molecule has 27 heavy (non-hydrogen) atoms. The minimum Gasteiger partial charge on any atom is -0.491 e. The summed E-state index contributed by atoms with van der Waals surface area (Å²) >= 11 is 0. The van der Waals surface area contributed by atoms with E-state index in [0.717, 1.165) is 31.2 Å². The second-order valence-electron chi connectivity index (χ2n) is 6.58. The number of anilines is 3. The summed E-state index contributed by atoms with van der Waals surface area (Å²) in [5, 5.41) is 8.91. The number of alkyl halides is 3. The van der Waals surface area contributed by atoms with Crippen molar-refractivity contribution < 1.29 is 17.9 Å². The Labute approximate surface area is 153 Å². The van der Waals surface area contributed by atoms with E-state index in [1.165, 1.54) is 0 Å². The van der Waals surface area contributed by atoms with Crippen molar-refractivity contribution in [2.24, 2.45) is 0 Å². The summed E-state index contributed by atoms with van der Waals surface area (Å²) in [6, 6.07) is 1.89. The summed E-state index contributed by atoms with van der Waals surface area (Å²) in [4.78, 5) is 12.2. The van der Waals surface area contributed by atoms with Crippen LogP contribution in [0.3, 0.4) is 0 Å². The van der Waals surface area contributed by atoms with Gasteiger partial charge in [0.05, 0.1) is 30.2 Å². The Morgan fingerprint density at radius 2 is 1.96 bits per heavy atom. The van der Waals surface area contributed by atoms with Crippen molar-refractivity contribution in [1.29, 1.82) is 0 Å². The quantitative estimate of drug-likeness (QED) is 0.734. The van der Waals surface area contributed by atoms with E-state index in [1.807, 2.05) is 7.05 Å². The van der Waals surface area contributed by atoms with Crippen LogP contribution >= 0.6 is 0 Å². The fraction of sp³-hybridized carbons (Fsp3) is 0.471. The van der Waals surface area contributed by atoms with Gasteiger partial charge >= 0.3 is 6.18 Å². The van der Waals surface area contributed by atoms with Gasteiger partial charge in [-0.3, -0.25) is 4.98 Å². The van der Waals surface area contributed by atoms with Crippen molar-refractivity contribution in [3.63, 3.8) is 0 Å². The molecular weight excluding hydrogens is 361 g/mol. The molecule has 0 saturated heterocycles. The van der Waals surface area contributed by atoms with Crippen LogP contribution in [0, 0.1) is 0 Å². The van der Waals surface area contributed by atoms with Gasteiger partial charge in [-0.15, -0.1) is 0 Å². The van der Waals surface area contributed by atoms with Crippen LogP contribution in [-0.2, 0) is 6.18 Å². The van der Waals surface area contributed by atoms with E-state index < -0.39 is 11.7 Å². The molecule has 7 nitrogen and oxygen atoms in total. The van der Waals surface area contributed by atoms with Gasteiger partial charge in [0.2, 0.25) is 5.95 Å². The summed E-state index contributed by atoms with van der Waals surface area (Å²) in [5.41, 5.74) is 0.477. The van der Waals surface area contributed by atoms with E-state index in [0.29, 0.717) is 18.0 Å². The molecule has 1 aliphatic carbocycles. The Morgan fingerprint density at radius 3 is 2.67 bits per heavy atom. The molecule has 0 aromatic carbocycles. The van der Waals surface area contributed by atoms with Gasteiger partial charge in [-0.1, -0.05) is 0 Å². The average Bonchev–Trinajstić information content (AvgIpc) is 3.44. The minimum atomic E-state index is -4.51. The zero-order chi connectivity index (χ0) is 19.0. The van der Waals surface area contributed by atoms with Crippen molar-refractivity contribution in [2.45, 2.75) is 37.5 Å². The molecule has 1 atom stereocenters. The number of pyridine rings is 1. The highest BCUT2D eigenvalue weighted by molar-refractivity contribution is 5.58. The van der Waals surface area contributed by atoms with Crippen LogP contribution < -0.4 is 20.7 Å². The lowest BCUT2D eigenvalue weighted by molar-refractivity contribution is -0.137. The van der Waals surface area contributed by atoms with E-state index in [4.69, 9.17) is 4.74 Å². The highest BCUT2D eigenvalue weighted by Crippen LogP contribution is 2.37. The molecule has 0 bridgehead atoms. The van der Waals surface area contributed by atoms with Gasteiger partial charge in [-0.05, 0) is 19.9 Å². The third-order valence-electron chi connectivity index (χ3n) is 4.49. The number of fused-ring (bicyclic) bond motifs is 1. The lowest BCUT2D eigenvalue weighted by Crippen LogP contribution is -2.25. The number of hydrogen-bond acceptors (Lipinski definition) is 7. The number of nitrogens with zero attached hydrogens (tertiary/aromatic N) is 3. The maximum atomic E-state index is 13.2. The first-order valence-electron chi connectivity index (χ1n) is 8.72. The predicted octanol–water partition coefficient (Wildman–Crippen LogP) is 3.25. The van der Waals surface area contributed by atoms with Gasteiger partial charge in [0, 0.05) is 24.7 Å². The summed E-state index contributed by atoms with van der Waals surface area (Å²) in [7, 11) is 1.86. The van der Waals surface area contributed by atoms with E-state index in [1.54, 1.807) is 12.3 Å². The maximum absolute atomic E-state index is 13.2. The normalized spacial score (nSPS) is 19.2. The highest BCUT2D eigenvalue weighted by atomic mass is 19.4. The number of nitrogens with one attached hydrogen (secondary N) is 3. The van der Waals surface area contributed by atoms with E-state index in [-0.39, 0.29) is 23.8 Å². The van der Waals surface area contributed by atoms with E-state index >= 15 is 0 Å². The van der Waals surface area contributed by atoms with Crippen LogP contribution in [0.4, 0.5) is 30.6 Å². The van der Waals surface area contributed by atoms with Gasteiger partial charge in [-0.25, -0.2) is 4.98 Å². The summed E-state index contributed by atoms with van der Waals surface area (Å²) in [6.45, 7) is 0.565. The zero-order valence-electron chi connectivity index (χ0n) is 14.6. The Hall–Kier alpha value is -2.62. The summed E-state index contributed by atoms with van der Waals surface area (Å²) in [5.74, 6) is 0.489. The zero-order valence-corrected chi connectivity index (χ0v) is 14.6. The molecule has 1 unspecified atom stereocenters. The van der Waals surface area contributed by atoms with Crippen LogP contribution in [-0.4, -0.2) is 34.6 Å². The second kappa shape index (κ2) is 6.84. The van der Waals surface area contributed by atoms with Crippen LogP contribution in [0.25, 0.3) is 0 Å². The number of hydrogen-bond donors (Lipinski definition) is 3. The van der Waals surface area contributed by atoms with Crippen molar-refractivity contribution in [2.75, 3.05) is 24.3 Å². The maximum Gasteiger partial charge on any atom is 0.421 e. The lowest BCUT2D eigenvalue weighted by Gasteiger charge is -2.24. The first kappa shape index (κ1) is 17.8. The van der Waals surface area contributed by atoms with Gasteiger partial charge in [-0.2, -0.15) is 18.2 Å². The van der Waals surface area contributed by atoms with E-state index in [9.17, 15) is 13.2 Å². The van der Waals surface area contributed by atoms with Crippen LogP contribution in [0.2, 0.25) is 0 Å². The largest absolute Gasteiger partial charge is 0.491 e. The van der Waals surface area contributed by atoms with Gasteiger partial charge in [0.1, 0.15) is 17.1 Å². The Bertz CT molecular complexity index is 840. The first-order valence-corrected chi connectivity index (χ1v) is 8.72. The molecule has 0 radical (unpaired) electrons. The van der Waals surface area contributed by atoms with Crippen LogP contribution in [0.1, 0.15) is 36.6 Å². The van der Waals surface area contributed by atoms with Crippen LogP contribution in [0.5, 0.6) is 5.75 Å². The molecule has 2 aromatic rings. The Morgan fingerprint density at radius 1 is 1.15 bits per heavy atom. The molecule has 3 N–H and O–H groups in total. The molecule has 2 aliphatic rings. The smallest absolute Gasteiger partial charge is 0.421 e. The van der Waals surface area contributed by atoms with E-state index in [2.05, 4.69) is 30.9 Å². The Kier molecular flexibility index (Phi) is 4.50. The second-order valence-corrected chi connectivity index (χ2v) is 6.58. The average molecular weight is 380 g/mol. The molecule has 2 aromatic heterocycles. The molecular formula is C17H19F3N6O. The standard InChI is InChI=1S/C17H19F3N6O/c1-21-12-4-5-27-13-6-10(7-22-14(12)13)25-16-23-8-11(17(18,19)20)15(26-16)24-9-2-3-9/h6-9,12,21H,2-5H2,1H3,(H2,23,24,25,26). The van der Waals surface area contributed by atoms with Gasteiger partial charge in [0.15, 0.2) is 0 Å². The highest BCUT2D eigenvalue weighted by Gasteiger charge is 2.37. The molecule has 0 spiro atoms. The number of ether oxygens (including phenoxy) is 1. The SMILES string of the molecule is CNC1CCOc2cc(Nc3ncc(C(F)(F)F)c(NC4CC4)n3)cnc21. The first-order chi connectivity index (χ1) is 12.9. The third-order valence-corrected chi connectivity index (χ3v) is 4.49. The summed E-state index contributed by atoms with van der Waals surface area (Å²) < 4.78 is 45.1. The number of halogens is 3. The molecule has 144 valence electrons. The number of rotatable bonds is 5. The van der Waals surface area contributed by atoms with Gasteiger partial charge < -0.3 is 20.7 Å². The van der Waals surface area contributed by atoms with Crippen molar-refractivity contribution in [3.8, 4) is 5.75 Å².